The maximum absolute atomic E-state index is 15.8. The van der Waals surface area contributed by atoms with Crippen LogP contribution in [0.3, 0.4) is 0 Å². The van der Waals surface area contributed by atoms with E-state index in [1.54, 1.807) is 12.1 Å². The number of aromatic nitrogens is 1. The molecule has 0 radical (unpaired) electrons. The molecule has 1 unspecified atom stereocenters. The zero-order valence-electron chi connectivity index (χ0n) is 24.8. The van der Waals surface area contributed by atoms with Crippen LogP contribution in [0, 0.1) is 11.6 Å². The molecule has 13 heteroatoms. The Morgan fingerprint density at radius 1 is 0.909 bits per heavy atom. The summed E-state index contributed by atoms with van der Waals surface area (Å²) in [6, 6.07) is 7.30. The van der Waals surface area contributed by atoms with Gasteiger partial charge in [0.25, 0.3) is 11.5 Å². The lowest BCUT2D eigenvalue weighted by molar-refractivity contribution is -0.138. The highest BCUT2D eigenvalue weighted by molar-refractivity contribution is 6.07. The maximum atomic E-state index is 15.8. The number of amides is 1. The third kappa shape index (κ3) is 6.29. The van der Waals surface area contributed by atoms with Crippen LogP contribution in [0.1, 0.15) is 29.8 Å². The lowest BCUT2D eigenvalue weighted by Gasteiger charge is -2.44. The van der Waals surface area contributed by atoms with E-state index in [4.69, 9.17) is 4.74 Å². The second kappa shape index (κ2) is 12.2. The number of carbonyl (C=O) groups excluding carboxylic acids is 1. The number of carbonyl (C=O) groups is 1. The summed E-state index contributed by atoms with van der Waals surface area (Å²) in [4.78, 5) is 31.3. The van der Waals surface area contributed by atoms with Crippen LogP contribution < -0.4 is 20.7 Å². The molecule has 0 saturated carbocycles. The largest absolute Gasteiger partial charge is 0.417 e. The van der Waals surface area contributed by atoms with Crippen molar-refractivity contribution in [3.05, 3.63) is 75.7 Å². The molecule has 8 nitrogen and oxygen atoms in total. The molecule has 1 aromatic heterocycles. The first-order chi connectivity index (χ1) is 20.7. The van der Waals surface area contributed by atoms with Crippen molar-refractivity contribution < 1.29 is 31.5 Å². The fourth-order valence-electron chi connectivity index (χ4n) is 5.72. The van der Waals surface area contributed by atoms with Gasteiger partial charge in [-0.15, -0.1) is 0 Å². The van der Waals surface area contributed by atoms with E-state index >= 15 is 8.78 Å². The van der Waals surface area contributed by atoms with Gasteiger partial charge in [0.05, 0.1) is 41.4 Å². The van der Waals surface area contributed by atoms with Crippen molar-refractivity contribution in [3.8, 4) is 11.1 Å². The Kier molecular flexibility index (Phi) is 8.72. The van der Waals surface area contributed by atoms with Crippen molar-refractivity contribution in [1.82, 2.24) is 9.47 Å². The lowest BCUT2D eigenvalue weighted by atomic mass is 10.0. The molecule has 2 fully saturated rings. The van der Waals surface area contributed by atoms with Gasteiger partial charge in [-0.05, 0) is 50.7 Å². The van der Waals surface area contributed by atoms with Crippen LogP contribution in [0.15, 0.2) is 47.4 Å². The van der Waals surface area contributed by atoms with Gasteiger partial charge >= 0.3 is 6.18 Å². The van der Waals surface area contributed by atoms with Crippen LogP contribution in [0.4, 0.5) is 39.0 Å². The molecule has 0 spiro atoms. The molecule has 2 aliphatic heterocycles. The van der Waals surface area contributed by atoms with Gasteiger partial charge in [0.15, 0.2) is 0 Å². The average molecular weight is 620 g/mol. The zero-order valence-corrected chi connectivity index (χ0v) is 24.8. The zero-order chi connectivity index (χ0) is 31.9. The number of likely N-dealkylation sites (N-methyl/N-ethyl adjacent to an activating group) is 1. The Hall–Kier alpha value is -3.97. The topological polar surface area (TPSA) is 70.0 Å². The van der Waals surface area contributed by atoms with Crippen LogP contribution in [0.2, 0.25) is 0 Å². The van der Waals surface area contributed by atoms with Crippen molar-refractivity contribution in [2.45, 2.75) is 32.1 Å². The van der Waals surface area contributed by atoms with Crippen LogP contribution in [0.5, 0.6) is 0 Å². The average Bonchev–Trinajstić information content (AvgIpc) is 2.97. The number of anilines is 3. The van der Waals surface area contributed by atoms with Gasteiger partial charge in [0.2, 0.25) is 0 Å². The van der Waals surface area contributed by atoms with Crippen LogP contribution in [-0.2, 0) is 18.0 Å². The number of nitrogens with one attached hydrogen (secondary N) is 1. The van der Waals surface area contributed by atoms with E-state index in [2.05, 4.69) is 10.2 Å². The minimum atomic E-state index is -4.97. The van der Waals surface area contributed by atoms with Gasteiger partial charge in [0, 0.05) is 63.1 Å². The van der Waals surface area contributed by atoms with E-state index in [1.807, 2.05) is 30.7 Å². The summed E-state index contributed by atoms with van der Waals surface area (Å²) in [5.41, 5.74) is -2.26. The van der Waals surface area contributed by atoms with E-state index in [1.165, 1.54) is 25.2 Å². The highest BCUT2D eigenvalue weighted by atomic mass is 19.4. The van der Waals surface area contributed by atoms with Crippen LogP contribution in [-0.4, -0.2) is 73.9 Å². The Labute approximate surface area is 251 Å². The Morgan fingerprint density at radius 3 is 2.18 bits per heavy atom. The maximum Gasteiger partial charge on any atom is 0.417 e. The lowest BCUT2D eigenvalue weighted by Crippen LogP contribution is -2.55. The number of halogens is 5. The minimum absolute atomic E-state index is 0.0387. The first kappa shape index (κ1) is 31.5. The molecule has 5 rings (SSSR count). The van der Waals surface area contributed by atoms with Gasteiger partial charge in [-0.2, -0.15) is 13.2 Å². The summed E-state index contributed by atoms with van der Waals surface area (Å²) in [7, 11) is 3.20. The van der Waals surface area contributed by atoms with E-state index < -0.39 is 40.4 Å². The quantitative estimate of drug-likeness (QED) is 0.407. The summed E-state index contributed by atoms with van der Waals surface area (Å²) in [6.07, 6.45) is -4.15. The summed E-state index contributed by atoms with van der Waals surface area (Å²) in [5.74, 6) is -2.38. The van der Waals surface area contributed by atoms with Gasteiger partial charge in [-0.3, -0.25) is 14.5 Å². The molecule has 2 saturated heterocycles. The third-order valence-corrected chi connectivity index (χ3v) is 8.42. The third-order valence-electron chi connectivity index (χ3n) is 8.42. The summed E-state index contributed by atoms with van der Waals surface area (Å²) < 4.78 is 78.9. The molecule has 3 aromatic rings. The first-order valence-corrected chi connectivity index (χ1v) is 14.3. The molecule has 1 amide bonds. The normalized spacial score (nSPS) is 19.8. The summed E-state index contributed by atoms with van der Waals surface area (Å²) in [5, 5.41) is 2.55. The number of morpholine rings is 1. The van der Waals surface area contributed by atoms with E-state index in [0.717, 1.165) is 10.8 Å². The minimum Gasteiger partial charge on any atom is -0.378 e. The number of piperazine rings is 1. The molecule has 0 aliphatic carbocycles. The molecule has 2 aromatic carbocycles. The highest BCUT2D eigenvalue weighted by Gasteiger charge is 2.37. The monoisotopic (exact) mass is 619 g/mol. The fourth-order valence-corrected chi connectivity index (χ4v) is 5.72. The molecule has 44 heavy (non-hydrogen) atoms. The second-order valence-corrected chi connectivity index (χ2v) is 11.4. The highest BCUT2D eigenvalue weighted by Crippen LogP contribution is 2.38. The fraction of sp³-hybridized carbons (Fsp3) is 0.419. The number of benzene rings is 2. The molecule has 236 valence electrons. The van der Waals surface area contributed by atoms with Crippen LogP contribution in [0.25, 0.3) is 11.1 Å². The predicted molar refractivity (Wildman–Crippen MR) is 158 cm³/mol. The van der Waals surface area contributed by atoms with Gasteiger partial charge < -0.3 is 24.4 Å². The number of hydrogen-bond acceptors (Lipinski definition) is 6. The standard InChI is InChI=1S/C31H34F5N5O3/c1-18-15-41(16-19(2)39(18)4)28-14-24(32)21(20-5-6-27(25(33)11-20)40-7-9-44-10-8-40)12-26(28)37-30(43)22-17-38(3)29(42)13-23(22)31(34,35)36/h5-6,11-14,17-19H,7-10,15-16H2,1-4H3,(H,37,43)/t18-,19?/m1/s1. The number of nitrogens with zero attached hydrogens (tertiary/aromatic N) is 4. The number of alkyl halides is 3. The number of pyridine rings is 1. The summed E-state index contributed by atoms with van der Waals surface area (Å²) >= 11 is 0. The SMILES string of the molecule is CC1CN(c2cc(F)c(-c3ccc(N4CCOCC4)c(F)c3)cc2NC(=O)c2cn(C)c(=O)cc2C(F)(F)F)C[C@@H](C)N1C. The van der Waals surface area contributed by atoms with Gasteiger partial charge in [-0.25, -0.2) is 8.78 Å². The van der Waals surface area contributed by atoms with Crippen molar-refractivity contribution >= 4 is 23.0 Å². The molecule has 2 atom stereocenters. The summed E-state index contributed by atoms with van der Waals surface area (Å²) in [6.45, 7) is 6.81. The first-order valence-electron chi connectivity index (χ1n) is 14.3. The molecule has 3 heterocycles. The predicted octanol–water partition coefficient (Wildman–Crippen LogP) is 4.97. The number of ether oxygens (including phenoxy) is 1. The Balaban J connectivity index is 1.59. The molecular weight excluding hydrogens is 585 g/mol. The van der Waals surface area contributed by atoms with Crippen LogP contribution >= 0.6 is 0 Å². The van der Waals surface area contributed by atoms with Crippen molar-refractivity contribution in [1.29, 1.82) is 0 Å². The van der Waals surface area contributed by atoms with E-state index in [-0.39, 0.29) is 34.6 Å². The van der Waals surface area contributed by atoms with Crippen molar-refractivity contribution in [2.24, 2.45) is 7.05 Å². The number of hydrogen-bond donors (Lipinski definition) is 1. The van der Waals surface area contributed by atoms with E-state index in [0.29, 0.717) is 51.1 Å². The molecule has 2 aliphatic rings. The Bertz CT molecular complexity index is 1610. The smallest absolute Gasteiger partial charge is 0.378 e. The van der Waals surface area contributed by atoms with Gasteiger partial charge in [0.1, 0.15) is 11.6 Å². The number of aryl methyl sites for hydroxylation is 1. The molecule has 1 N–H and O–H groups in total. The molecular formula is C31H34F5N5O3. The second-order valence-electron chi connectivity index (χ2n) is 11.4. The Morgan fingerprint density at radius 2 is 1.57 bits per heavy atom. The van der Waals surface area contributed by atoms with Crippen molar-refractivity contribution in [3.63, 3.8) is 0 Å². The molecule has 0 bridgehead atoms. The van der Waals surface area contributed by atoms with E-state index in [9.17, 15) is 22.8 Å². The number of rotatable bonds is 5. The van der Waals surface area contributed by atoms with Gasteiger partial charge in [-0.1, -0.05) is 6.07 Å². The van der Waals surface area contributed by atoms with Crippen molar-refractivity contribution in [2.75, 3.05) is 61.6 Å².